The number of nitrogens with one attached hydrogen (secondary N) is 1. The number of aliphatic carboxylic acids is 1. The SMILES string of the molecule is CC(C)(C)NC(=O)CC1(C(=O)O)CCC1. The molecule has 0 aromatic heterocycles. The predicted octanol–water partition coefficient (Wildman–Crippen LogP) is 1.55. The lowest BCUT2D eigenvalue weighted by atomic mass is 9.66. The quantitative estimate of drug-likeness (QED) is 0.747. The topological polar surface area (TPSA) is 66.4 Å². The first kappa shape index (κ1) is 12.0. The summed E-state index contributed by atoms with van der Waals surface area (Å²) in [7, 11) is 0. The summed E-state index contributed by atoms with van der Waals surface area (Å²) in [5.41, 5.74) is -1.07. The van der Waals surface area contributed by atoms with Crippen LogP contribution in [0.3, 0.4) is 0 Å². The first-order chi connectivity index (χ1) is 6.75. The van der Waals surface area contributed by atoms with Crippen molar-refractivity contribution in [1.82, 2.24) is 5.32 Å². The zero-order valence-electron chi connectivity index (χ0n) is 9.59. The fraction of sp³-hybridized carbons (Fsp3) is 0.818. The molecule has 0 atom stereocenters. The number of carbonyl (C=O) groups excluding carboxylic acids is 1. The fourth-order valence-electron chi connectivity index (χ4n) is 1.84. The molecule has 1 aliphatic carbocycles. The van der Waals surface area contributed by atoms with Crippen molar-refractivity contribution in [2.24, 2.45) is 5.41 Å². The maximum Gasteiger partial charge on any atom is 0.310 e. The number of carbonyl (C=O) groups is 2. The van der Waals surface area contributed by atoms with Crippen molar-refractivity contribution >= 4 is 11.9 Å². The number of rotatable bonds is 3. The average molecular weight is 213 g/mol. The van der Waals surface area contributed by atoms with E-state index in [9.17, 15) is 9.59 Å². The third-order valence-corrected chi connectivity index (χ3v) is 2.78. The standard InChI is InChI=1S/C11H19NO3/c1-10(2,3)12-8(13)7-11(9(14)15)5-4-6-11/h4-7H2,1-3H3,(H,12,13)(H,14,15). The Morgan fingerprint density at radius 2 is 1.87 bits per heavy atom. The van der Waals surface area contributed by atoms with Gasteiger partial charge in [0.1, 0.15) is 0 Å². The first-order valence-corrected chi connectivity index (χ1v) is 5.30. The lowest BCUT2D eigenvalue weighted by Crippen LogP contribution is -2.47. The fourth-order valence-corrected chi connectivity index (χ4v) is 1.84. The Labute approximate surface area is 90.0 Å². The van der Waals surface area contributed by atoms with Crippen LogP contribution in [0.4, 0.5) is 0 Å². The van der Waals surface area contributed by atoms with Gasteiger partial charge in [-0.1, -0.05) is 6.42 Å². The number of amides is 1. The molecule has 0 spiro atoms. The Morgan fingerprint density at radius 1 is 1.33 bits per heavy atom. The van der Waals surface area contributed by atoms with E-state index in [1.165, 1.54) is 0 Å². The summed E-state index contributed by atoms with van der Waals surface area (Å²) in [5.74, 6) is -0.998. The van der Waals surface area contributed by atoms with Gasteiger partial charge in [0.25, 0.3) is 0 Å². The molecule has 0 aromatic carbocycles. The van der Waals surface area contributed by atoms with Crippen molar-refractivity contribution in [3.05, 3.63) is 0 Å². The van der Waals surface area contributed by atoms with Crippen LogP contribution in [0.2, 0.25) is 0 Å². The Kier molecular flexibility index (Phi) is 3.07. The molecule has 1 rings (SSSR count). The lowest BCUT2D eigenvalue weighted by molar-refractivity contribution is -0.157. The highest BCUT2D eigenvalue weighted by Gasteiger charge is 2.46. The maximum atomic E-state index is 11.6. The molecule has 0 aliphatic heterocycles. The summed E-state index contributed by atoms with van der Waals surface area (Å²) in [6.45, 7) is 5.66. The lowest BCUT2D eigenvalue weighted by Gasteiger charge is -2.37. The molecule has 4 nitrogen and oxygen atoms in total. The van der Waals surface area contributed by atoms with Gasteiger partial charge in [0.2, 0.25) is 5.91 Å². The van der Waals surface area contributed by atoms with Crippen LogP contribution in [-0.4, -0.2) is 22.5 Å². The van der Waals surface area contributed by atoms with Gasteiger partial charge in [-0.25, -0.2) is 0 Å². The number of carboxylic acids is 1. The van der Waals surface area contributed by atoms with E-state index in [1.807, 2.05) is 20.8 Å². The zero-order valence-corrected chi connectivity index (χ0v) is 9.59. The molecule has 1 saturated carbocycles. The van der Waals surface area contributed by atoms with Crippen LogP contribution in [0.25, 0.3) is 0 Å². The summed E-state index contributed by atoms with van der Waals surface area (Å²) in [4.78, 5) is 22.6. The van der Waals surface area contributed by atoms with E-state index >= 15 is 0 Å². The van der Waals surface area contributed by atoms with Crippen LogP contribution >= 0.6 is 0 Å². The largest absolute Gasteiger partial charge is 0.481 e. The Morgan fingerprint density at radius 3 is 2.13 bits per heavy atom. The van der Waals surface area contributed by atoms with E-state index < -0.39 is 11.4 Å². The average Bonchev–Trinajstić information content (AvgIpc) is 1.92. The van der Waals surface area contributed by atoms with Crippen molar-refractivity contribution < 1.29 is 14.7 Å². The molecule has 2 N–H and O–H groups in total. The highest BCUT2D eigenvalue weighted by Crippen LogP contribution is 2.44. The summed E-state index contributed by atoms with van der Waals surface area (Å²) in [5, 5.41) is 11.8. The van der Waals surface area contributed by atoms with Crippen LogP contribution < -0.4 is 5.32 Å². The van der Waals surface area contributed by atoms with Crippen LogP contribution in [0.5, 0.6) is 0 Å². The van der Waals surface area contributed by atoms with Crippen LogP contribution in [0.15, 0.2) is 0 Å². The van der Waals surface area contributed by atoms with Crippen LogP contribution in [0, 0.1) is 5.41 Å². The van der Waals surface area contributed by atoms with Gasteiger partial charge in [-0.2, -0.15) is 0 Å². The van der Waals surface area contributed by atoms with E-state index in [1.54, 1.807) is 0 Å². The third-order valence-electron chi connectivity index (χ3n) is 2.78. The molecule has 1 fully saturated rings. The first-order valence-electron chi connectivity index (χ1n) is 5.30. The molecule has 0 aromatic rings. The minimum atomic E-state index is -0.835. The van der Waals surface area contributed by atoms with E-state index in [0.29, 0.717) is 12.8 Å². The van der Waals surface area contributed by atoms with Gasteiger partial charge in [-0.3, -0.25) is 9.59 Å². The molecule has 0 saturated heterocycles. The Balaban J connectivity index is 2.54. The smallest absolute Gasteiger partial charge is 0.310 e. The van der Waals surface area contributed by atoms with E-state index in [2.05, 4.69) is 5.32 Å². The molecule has 0 bridgehead atoms. The molecule has 0 heterocycles. The molecule has 0 radical (unpaired) electrons. The molecular formula is C11H19NO3. The second-order valence-electron chi connectivity index (χ2n) is 5.41. The second-order valence-corrected chi connectivity index (χ2v) is 5.41. The number of carboxylic acid groups (broad SMARTS) is 1. The zero-order chi connectivity index (χ0) is 11.7. The van der Waals surface area contributed by atoms with Gasteiger partial charge >= 0.3 is 5.97 Å². The Bertz CT molecular complexity index is 274. The van der Waals surface area contributed by atoms with Gasteiger partial charge in [-0.05, 0) is 33.6 Å². The number of hydrogen-bond acceptors (Lipinski definition) is 2. The van der Waals surface area contributed by atoms with Gasteiger partial charge in [0.15, 0.2) is 0 Å². The molecule has 1 aliphatic rings. The summed E-state index contributed by atoms with van der Waals surface area (Å²) in [6, 6.07) is 0. The summed E-state index contributed by atoms with van der Waals surface area (Å²) < 4.78 is 0. The van der Waals surface area contributed by atoms with E-state index in [4.69, 9.17) is 5.11 Å². The van der Waals surface area contributed by atoms with Gasteiger partial charge in [0, 0.05) is 12.0 Å². The molecule has 15 heavy (non-hydrogen) atoms. The van der Waals surface area contributed by atoms with Crippen molar-refractivity contribution in [2.45, 2.75) is 52.0 Å². The number of hydrogen-bond donors (Lipinski definition) is 2. The van der Waals surface area contributed by atoms with Crippen molar-refractivity contribution in [3.8, 4) is 0 Å². The molecule has 0 unspecified atom stereocenters. The van der Waals surface area contributed by atoms with E-state index in [0.717, 1.165) is 6.42 Å². The van der Waals surface area contributed by atoms with Crippen LogP contribution in [0.1, 0.15) is 46.5 Å². The monoisotopic (exact) mass is 213 g/mol. The minimum absolute atomic E-state index is 0.111. The third kappa shape index (κ3) is 2.94. The van der Waals surface area contributed by atoms with Crippen LogP contribution in [-0.2, 0) is 9.59 Å². The highest BCUT2D eigenvalue weighted by molar-refractivity contribution is 5.85. The molecule has 4 heteroatoms. The second kappa shape index (κ2) is 3.83. The minimum Gasteiger partial charge on any atom is -0.481 e. The van der Waals surface area contributed by atoms with Gasteiger partial charge in [-0.15, -0.1) is 0 Å². The van der Waals surface area contributed by atoms with Gasteiger partial charge in [0.05, 0.1) is 5.41 Å². The highest BCUT2D eigenvalue weighted by atomic mass is 16.4. The molecular weight excluding hydrogens is 194 g/mol. The van der Waals surface area contributed by atoms with Gasteiger partial charge < -0.3 is 10.4 Å². The van der Waals surface area contributed by atoms with E-state index in [-0.39, 0.29) is 17.9 Å². The normalized spacial score (nSPS) is 19.1. The molecule has 1 amide bonds. The molecule has 86 valence electrons. The predicted molar refractivity (Wildman–Crippen MR) is 56.4 cm³/mol. The van der Waals surface area contributed by atoms with Crippen molar-refractivity contribution in [1.29, 1.82) is 0 Å². The summed E-state index contributed by atoms with van der Waals surface area (Å²) in [6.07, 6.45) is 2.27. The summed E-state index contributed by atoms with van der Waals surface area (Å²) >= 11 is 0. The van der Waals surface area contributed by atoms with Crippen molar-refractivity contribution in [2.75, 3.05) is 0 Å². The van der Waals surface area contributed by atoms with Crippen molar-refractivity contribution in [3.63, 3.8) is 0 Å². The maximum absolute atomic E-state index is 11.6. The Hall–Kier alpha value is -1.06.